The molecule has 92 valence electrons. The fourth-order valence-corrected chi connectivity index (χ4v) is 3.14. The van der Waals surface area contributed by atoms with Crippen LogP contribution in [0.5, 0.6) is 0 Å². The first-order valence-corrected chi connectivity index (χ1v) is 6.47. The Kier molecular flexibility index (Phi) is 2.67. The van der Waals surface area contributed by atoms with E-state index < -0.39 is 0 Å². The summed E-state index contributed by atoms with van der Waals surface area (Å²) in [5, 5.41) is 3.53. The number of nitrogens with zero attached hydrogens (tertiary/aromatic N) is 2. The van der Waals surface area contributed by atoms with Gasteiger partial charge in [-0.1, -0.05) is 0 Å². The van der Waals surface area contributed by atoms with E-state index in [1.54, 1.807) is 0 Å². The van der Waals surface area contributed by atoms with Gasteiger partial charge in [0.05, 0.1) is 5.69 Å². The highest BCUT2D eigenvalue weighted by atomic mass is 15.2. The molecule has 4 nitrogen and oxygen atoms in total. The Balaban J connectivity index is 1.74. The number of fused-ring (bicyclic) bond motifs is 1. The molecule has 0 bridgehead atoms. The minimum atomic E-state index is 0.523. The van der Waals surface area contributed by atoms with Crippen molar-refractivity contribution in [3.05, 3.63) is 17.8 Å². The Morgan fingerprint density at radius 3 is 3.12 bits per heavy atom. The molecule has 3 N–H and O–H groups in total. The van der Waals surface area contributed by atoms with Crippen molar-refractivity contribution in [3.63, 3.8) is 0 Å². The normalized spacial score (nSPS) is 28.3. The van der Waals surface area contributed by atoms with Crippen LogP contribution in [0.1, 0.15) is 24.8 Å². The van der Waals surface area contributed by atoms with Crippen LogP contribution in [-0.4, -0.2) is 35.1 Å². The summed E-state index contributed by atoms with van der Waals surface area (Å²) in [4.78, 5) is 6.99. The zero-order valence-electron chi connectivity index (χ0n) is 10.3. The summed E-state index contributed by atoms with van der Waals surface area (Å²) < 4.78 is 0. The molecule has 2 aliphatic rings. The van der Waals surface area contributed by atoms with Crippen molar-refractivity contribution < 1.29 is 0 Å². The van der Waals surface area contributed by atoms with Gasteiger partial charge in [0.2, 0.25) is 0 Å². The lowest BCUT2D eigenvalue weighted by Gasteiger charge is -2.22. The molecule has 2 fully saturated rings. The molecule has 0 spiro atoms. The van der Waals surface area contributed by atoms with Gasteiger partial charge < -0.3 is 11.1 Å². The second kappa shape index (κ2) is 4.18. The van der Waals surface area contributed by atoms with Crippen LogP contribution in [0.25, 0.3) is 0 Å². The molecule has 2 aliphatic heterocycles. The Hall–Kier alpha value is -1.29. The molecule has 1 aromatic heterocycles. The zero-order chi connectivity index (χ0) is 11.8. The smallest absolute Gasteiger partial charge is 0.149 e. The summed E-state index contributed by atoms with van der Waals surface area (Å²) in [5.41, 5.74) is 7.88. The number of anilines is 2. The van der Waals surface area contributed by atoms with E-state index in [1.807, 2.05) is 19.2 Å². The van der Waals surface area contributed by atoms with Crippen molar-refractivity contribution in [1.29, 1.82) is 0 Å². The quantitative estimate of drug-likeness (QED) is 0.813. The van der Waals surface area contributed by atoms with E-state index in [0.717, 1.165) is 17.1 Å². The SMILES string of the molecule is Cc1cnc(NC2CCN3CCCC23)c(N)c1. The minimum Gasteiger partial charge on any atom is -0.396 e. The maximum Gasteiger partial charge on any atom is 0.149 e. The van der Waals surface area contributed by atoms with E-state index in [2.05, 4.69) is 15.2 Å². The van der Waals surface area contributed by atoms with Crippen LogP contribution in [0, 0.1) is 6.92 Å². The molecule has 0 saturated carbocycles. The van der Waals surface area contributed by atoms with Crippen LogP contribution in [0.15, 0.2) is 12.3 Å². The summed E-state index contributed by atoms with van der Waals surface area (Å²) in [5.74, 6) is 0.856. The third-order valence-corrected chi connectivity index (χ3v) is 3.98. The van der Waals surface area contributed by atoms with Crippen LogP contribution in [0.4, 0.5) is 11.5 Å². The lowest BCUT2D eigenvalue weighted by molar-refractivity contribution is 0.318. The molecule has 0 radical (unpaired) electrons. The number of nitrogens with one attached hydrogen (secondary N) is 1. The van der Waals surface area contributed by atoms with Gasteiger partial charge in [-0.25, -0.2) is 4.98 Å². The van der Waals surface area contributed by atoms with Crippen LogP contribution in [0.3, 0.4) is 0 Å². The molecule has 3 rings (SSSR count). The third kappa shape index (κ3) is 1.97. The lowest BCUT2D eigenvalue weighted by Crippen LogP contribution is -2.34. The van der Waals surface area contributed by atoms with E-state index in [4.69, 9.17) is 5.73 Å². The number of pyridine rings is 1. The number of nitrogen functional groups attached to an aromatic ring is 1. The summed E-state index contributed by atoms with van der Waals surface area (Å²) in [6.07, 6.45) is 5.73. The monoisotopic (exact) mass is 232 g/mol. The predicted molar refractivity (Wildman–Crippen MR) is 70.0 cm³/mol. The number of aromatic nitrogens is 1. The van der Waals surface area contributed by atoms with Crippen LogP contribution < -0.4 is 11.1 Å². The summed E-state index contributed by atoms with van der Waals surface area (Å²) in [6, 6.07) is 3.20. The van der Waals surface area contributed by atoms with Crippen molar-refractivity contribution >= 4 is 11.5 Å². The van der Waals surface area contributed by atoms with Gasteiger partial charge in [0.25, 0.3) is 0 Å². The standard InChI is InChI=1S/C13H20N4/c1-9-7-10(14)13(15-8-9)16-11-4-6-17-5-2-3-12(11)17/h7-8,11-12H,2-6,14H2,1H3,(H,15,16). The van der Waals surface area contributed by atoms with Gasteiger partial charge in [0.1, 0.15) is 5.82 Å². The maximum absolute atomic E-state index is 6.00. The molecule has 1 aromatic rings. The van der Waals surface area contributed by atoms with Gasteiger partial charge in [-0.05, 0) is 44.4 Å². The number of rotatable bonds is 2. The maximum atomic E-state index is 6.00. The molecule has 4 heteroatoms. The molecule has 3 heterocycles. The first kappa shape index (κ1) is 10.8. The average molecular weight is 232 g/mol. The van der Waals surface area contributed by atoms with Crippen molar-refractivity contribution in [2.24, 2.45) is 0 Å². The molecule has 0 aromatic carbocycles. The molecule has 0 aliphatic carbocycles. The molecule has 2 saturated heterocycles. The number of aryl methyl sites for hydroxylation is 1. The summed E-state index contributed by atoms with van der Waals surface area (Å²) in [7, 11) is 0. The van der Waals surface area contributed by atoms with Gasteiger partial charge in [0, 0.05) is 24.8 Å². The molecular formula is C13H20N4. The first-order chi connectivity index (χ1) is 8.24. The highest BCUT2D eigenvalue weighted by molar-refractivity contribution is 5.62. The van der Waals surface area contributed by atoms with Gasteiger partial charge in [-0.2, -0.15) is 0 Å². The van der Waals surface area contributed by atoms with Crippen molar-refractivity contribution in [2.75, 3.05) is 24.1 Å². The van der Waals surface area contributed by atoms with Gasteiger partial charge >= 0.3 is 0 Å². The summed E-state index contributed by atoms with van der Waals surface area (Å²) in [6.45, 7) is 4.50. The minimum absolute atomic E-state index is 0.523. The highest BCUT2D eigenvalue weighted by Crippen LogP contribution is 2.30. The van der Waals surface area contributed by atoms with E-state index >= 15 is 0 Å². The van der Waals surface area contributed by atoms with Crippen molar-refractivity contribution in [2.45, 2.75) is 38.3 Å². The van der Waals surface area contributed by atoms with Crippen LogP contribution in [-0.2, 0) is 0 Å². The molecule has 17 heavy (non-hydrogen) atoms. The topological polar surface area (TPSA) is 54.2 Å². The Labute approximate surface area is 102 Å². The average Bonchev–Trinajstić information content (AvgIpc) is 2.86. The van der Waals surface area contributed by atoms with Crippen LogP contribution >= 0.6 is 0 Å². The van der Waals surface area contributed by atoms with Gasteiger partial charge in [-0.15, -0.1) is 0 Å². The fourth-order valence-electron chi connectivity index (χ4n) is 3.14. The molecule has 2 unspecified atom stereocenters. The Bertz CT molecular complexity index is 418. The first-order valence-electron chi connectivity index (χ1n) is 6.47. The van der Waals surface area contributed by atoms with Gasteiger partial charge in [0.15, 0.2) is 0 Å². The largest absolute Gasteiger partial charge is 0.396 e. The lowest BCUT2D eigenvalue weighted by atomic mass is 10.1. The number of hydrogen-bond donors (Lipinski definition) is 2. The molecule has 0 amide bonds. The van der Waals surface area contributed by atoms with Gasteiger partial charge in [-0.3, -0.25) is 4.90 Å². The second-order valence-electron chi connectivity index (χ2n) is 5.24. The fraction of sp³-hybridized carbons (Fsp3) is 0.615. The van der Waals surface area contributed by atoms with E-state index in [1.165, 1.54) is 32.4 Å². The summed E-state index contributed by atoms with van der Waals surface area (Å²) >= 11 is 0. The number of hydrogen-bond acceptors (Lipinski definition) is 4. The van der Waals surface area contributed by atoms with Crippen molar-refractivity contribution in [3.8, 4) is 0 Å². The van der Waals surface area contributed by atoms with E-state index in [9.17, 15) is 0 Å². The van der Waals surface area contributed by atoms with E-state index in [-0.39, 0.29) is 0 Å². The zero-order valence-corrected chi connectivity index (χ0v) is 10.3. The third-order valence-electron chi connectivity index (χ3n) is 3.98. The Morgan fingerprint density at radius 2 is 2.29 bits per heavy atom. The molecular weight excluding hydrogens is 212 g/mol. The molecule has 2 atom stereocenters. The van der Waals surface area contributed by atoms with E-state index in [0.29, 0.717) is 12.1 Å². The predicted octanol–water partition coefficient (Wildman–Crippen LogP) is 1.62. The van der Waals surface area contributed by atoms with Crippen LogP contribution in [0.2, 0.25) is 0 Å². The second-order valence-corrected chi connectivity index (χ2v) is 5.24. The highest BCUT2D eigenvalue weighted by Gasteiger charge is 2.37. The Morgan fingerprint density at radius 1 is 1.41 bits per heavy atom. The van der Waals surface area contributed by atoms with Crippen molar-refractivity contribution in [1.82, 2.24) is 9.88 Å². The number of nitrogens with two attached hydrogens (primary N) is 1.